The van der Waals surface area contributed by atoms with Crippen LogP contribution in [0.1, 0.15) is 26.7 Å². The summed E-state index contributed by atoms with van der Waals surface area (Å²) in [4.78, 5) is 11.3. The molecule has 1 rings (SSSR count). The molecule has 1 amide bonds. The molecule has 1 aliphatic carbocycles. The van der Waals surface area contributed by atoms with Gasteiger partial charge >= 0.3 is 0 Å². The molecule has 15 heavy (non-hydrogen) atoms. The fraction of sp³-hybridized carbons (Fsp3) is 0.909. The third-order valence-electron chi connectivity index (χ3n) is 2.88. The van der Waals surface area contributed by atoms with Crippen molar-refractivity contribution < 1.29 is 4.79 Å². The van der Waals surface area contributed by atoms with E-state index in [9.17, 15) is 4.79 Å². The van der Waals surface area contributed by atoms with Gasteiger partial charge in [-0.05, 0) is 37.8 Å². The second-order valence-corrected chi connectivity index (χ2v) is 4.71. The molecule has 1 unspecified atom stereocenters. The quantitative estimate of drug-likeness (QED) is 0.561. The van der Waals surface area contributed by atoms with Gasteiger partial charge < -0.3 is 16.4 Å². The average Bonchev–Trinajstić information content (AvgIpc) is 2.95. The minimum Gasteiger partial charge on any atom is -0.352 e. The fourth-order valence-electron chi connectivity index (χ4n) is 1.47. The summed E-state index contributed by atoms with van der Waals surface area (Å²) in [5.41, 5.74) is 5.64. The molecule has 4 nitrogen and oxygen atoms in total. The summed E-state index contributed by atoms with van der Waals surface area (Å²) in [5, 5.41) is 6.10. The molecule has 1 atom stereocenters. The summed E-state index contributed by atoms with van der Waals surface area (Å²) in [7, 11) is 0. The van der Waals surface area contributed by atoms with E-state index in [1.165, 1.54) is 0 Å². The number of nitrogens with one attached hydrogen (secondary N) is 2. The lowest BCUT2D eigenvalue weighted by molar-refractivity contribution is -0.120. The lowest BCUT2D eigenvalue weighted by atomic mass is 9.96. The molecule has 4 heteroatoms. The molecule has 0 aromatic heterocycles. The Labute approximate surface area is 92.0 Å². The summed E-state index contributed by atoms with van der Waals surface area (Å²) in [5.74, 6) is 1.13. The van der Waals surface area contributed by atoms with E-state index in [0.717, 1.165) is 19.4 Å². The molecule has 0 aromatic carbocycles. The second-order valence-electron chi connectivity index (χ2n) is 4.71. The molecule has 0 radical (unpaired) electrons. The normalized spacial score (nSPS) is 17.9. The van der Waals surface area contributed by atoms with Crippen LogP contribution >= 0.6 is 0 Å². The lowest BCUT2D eigenvalue weighted by Gasteiger charge is -2.19. The van der Waals surface area contributed by atoms with Gasteiger partial charge in [-0.2, -0.15) is 0 Å². The maximum absolute atomic E-state index is 11.3. The lowest BCUT2D eigenvalue weighted by Crippen LogP contribution is -2.39. The molecule has 0 heterocycles. The first-order valence-electron chi connectivity index (χ1n) is 5.83. The summed E-state index contributed by atoms with van der Waals surface area (Å²) in [6.07, 6.45) is 2.28. The molecule has 1 aliphatic rings. The van der Waals surface area contributed by atoms with Crippen LogP contribution in [0.15, 0.2) is 0 Å². The van der Waals surface area contributed by atoms with Crippen LogP contribution in [0.5, 0.6) is 0 Å². The van der Waals surface area contributed by atoms with Gasteiger partial charge in [-0.15, -0.1) is 0 Å². The molecular formula is C11H23N3O. The molecule has 0 aliphatic heterocycles. The predicted octanol–water partition coefficient (Wildman–Crippen LogP) is 0.0855. The second kappa shape index (κ2) is 6.08. The van der Waals surface area contributed by atoms with E-state index in [1.807, 2.05) is 0 Å². The van der Waals surface area contributed by atoms with E-state index in [0.29, 0.717) is 31.0 Å². The topological polar surface area (TPSA) is 67.1 Å². The van der Waals surface area contributed by atoms with E-state index >= 15 is 0 Å². The van der Waals surface area contributed by atoms with Gasteiger partial charge in [0.2, 0.25) is 5.91 Å². The van der Waals surface area contributed by atoms with Crippen LogP contribution in [0, 0.1) is 11.8 Å². The SMILES string of the molecule is CC(C)C(CN)CNCC(=O)NC1CC1. The van der Waals surface area contributed by atoms with E-state index in [4.69, 9.17) is 5.73 Å². The van der Waals surface area contributed by atoms with Crippen LogP contribution in [-0.2, 0) is 4.79 Å². The van der Waals surface area contributed by atoms with Crippen LogP contribution in [0.25, 0.3) is 0 Å². The number of hydrogen-bond donors (Lipinski definition) is 3. The Balaban J connectivity index is 2.05. The van der Waals surface area contributed by atoms with Crippen molar-refractivity contribution in [2.75, 3.05) is 19.6 Å². The number of hydrogen-bond acceptors (Lipinski definition) is 3. The summed E-state index contributed by atoms with van der Waals surface area (Å²) in [6.45, 7) is 6.23. The Morgan fingerprint density at radius 2 is 2.13 bits per heavy atom. The van der Waals surface area contributed by atoms with Crippen LogP contribution in [0.2, 0.25) is 0 Å². The van der Waals surface area contributed by atoms with Gasteiger partial charge in [0.15, 0.2) is 0 Å². The molecule has 1 fully saturated rings. The first-order valence-corrected chi connectivity index (χ1v) is 5.83. The molecule has 0 saturated heterocycles. The largest absolute Gasteiger partial charge is 0.352 e. The zero-order valence-corrected chi connectivity index (χ0v) is 9.75. The van der Waals surface area contributed by atoms with Crippen molar-refractivity contribution in [1.29, 1.82) is 0 Å². The van der Waals surface area contributed by atoms with Gasteiger partial charge in [-0.25, -0.2) is 0 Å². The monoisotopic (exact) mass is 213 g/mol. The van der Waals surface area contributed by atoms with E-state index in [1.54, 1.807) is 0 Å². The minimum absolute atomic E-state index is 0.108. The van der Waals surface area contributed by atoms with Gasteiger partial charge in [0.1, 0.15) is 0 Å². The van der Waals surface area contributed by atoms with Crippen molar-refractivity contribution in [2.45, 2.75) is 32.7 Å². The first-order chi connectivity index (χ1) is 7.13. The molecular weight excluding hydrogens is 190 g/mol. The van der Waals surface area contributed by atoms with Crippen molar-refractivity contribution in [3.8, 4) is 0 Å². The molecule has 0 spiro atoms. The van der Waals surface area contributed by atoms with Crippen molar-refractivity contribution in [2.24, 2.45) is 17.6 Å². The number of amides is 1. The van der Waals surface area contributed by atoms with Crippen molar-refractivity contribution in [3.63, 3.8) is 0 Å². The number of nitrogens with two attached hydrogens (primary N) is 1. The smallest absolute Gasteiger partial charge is 0.234 e. The van der Waals surface area contributed by atoms with E-state index in [2.05, 4.69) is 24.5 Å². The highest BCUT2D eigenvalue weighted by molar-refractivity contribution is 5.78. The van der Waals surface area contributed by atoms with Gasteiger partial charge in [-0.1, -0.05) is 13.8 Å². The van der Waals surface area contributed by atoms with Gasteiger partial charge in [-0.3, -0.25) is 4.79 Å². The first kappa shape index (κ1) is 12.5. The zero-order valence-electron chi connectivity index (χ0n) is 9.75. The summed E-state index contributed by atoms with van der Waals surface area (Å²) < 4.78 is 0. The third-order valence-corrected chi connectivity index (χ3v) is 2.88. The molecule has 0 aromatic rings. The van der Waals surface area contributed by atoms with E-state index < -0.39 is 0 Å². The van der Waals surface area contributed by atoms with Crippen molar-refractivity contribution in [3.05, 3.63) is 0 Å². The maximum Gasteiger partial charge on any atom is 0.234 e. The van der Waals surface area contributed by atoms with Crippen molar-refractivity contribution >= 4 is 5.91 Å². The van der Waals surface area contributed by atoms with Crippen molar-refractivity contribution in [1.82, 2.24) is 10.6 Å². The maximum atomic E-state index is 11.3. The summed E-state index contributed by atoms with van der Waals surface area (Å²) >= 11 is 0. The predicted molar refractivity (Wildman–Crippen MR) is 61.4 cm³/mol. The minimum atomic E-state index is 0.108. The molecule has 1 saturated carbocycles. The Morgan fingerprint density at radius 1 is 1.47 bits per heavy atom. The number of carbonyl (C=O) groups excluding carboxylic acids is 1. The number of carbonyl (C=O) groups is 1. The number of rotatable bonds is 7. The Bertz CT molecular complexity index is 202. The zero-order chi connectivity index (χ0) is 11.3. The van der Waals surface area contributed by atoms with Gasteiger partial charge in [0.25, 0.3) is 0 Å². The molecule has 4 N–H and O–H groups in total. The Hall–Kier alpha value is -0.610. The highest BCUT2D eigenvalue weighted by Crippen LogP contribution is 2.18. The third kappa shape index (κ3) is 5.14. The fourth-order valence-corrected chi connectivity index (χ4v) is 1.47. The van der Waals surface area contributed by atoms with Gasteiger partial charge in [0.05, 0.1) is 6.54 Å². The standard InChI is InChI=1S/C11H23N3O/c1-8(2)9(5-12)6-13-7-11(15)14-10-3-4-10/h8-10,13H,3-7,12H2,1-2H3,(H,14,15). The average molecular weight is 213 g/mol. The highest BCUT2D eigenvalue weighted by atomic mass is 16.2. The van der Waals surface area contributed by atoms with E-state index in [-0.39, 0.29) is 5.91 Å². The molecule has 0 bridgehead atoms. The molecule has 88 valence electrons. The van der Waals surface area contributed by atoms with Gasteiger partial charge in [0, 0.05) is 6.04 Å². The van der Waals surface area contributed by atoms with Crippen LogP contribution in [-0.4, -0.2) is 31.6 Å². The summed E-state index contributed by atoms with van der Waals surface area (Å²) in [6, 6.07) is 0.453. The van der Waals surface area contributed by atoms with Crippen LogP contribution in [0.3, 0.4) is 0 Å². The van der Waals surface area contributed by atoms with Crippen LogP contribution in [0.4, 0.5) is 0 Å². The highest BCUT2D eigenvalue weighted by Gasteiger charge is 2.22. The van der Waals surface area contributed by atoms with Crippen LogP contribution < -0.4 is 16.4 Å². The Morgan fingerprint density at radius 3 is 2.60 bits per heavy atom. The Kier molecular flexibility index (Phi) is 5.05.